The topological polar surface area (TPSA) is 110 Å². The zero-order valence-electron chi connectivity index (χ0n) is 17.9. The largest absolute Gasteiger partial charge is 0.355 e. The number of nitrogens with one attached hydrogen (secondary N) is 2. The normalized spacial score (nSPS) is 13.9. The van der Waals surface area contributed by atoms with Crippen LogP contribution in [0, 0.1) is 6.92 Å². The molecule has 2 N–H and O–H groups in total. The Balaban J connectivity index is 1.32. The molecule has 0 aliphatic heterocycles. The number of para-hydroxylation sites is 1. The number of aromatic nitrogens is 2. The standard InChI is InChI=1S/C23H26N4O4S/c1-16-6-10-18(11-7-16)32(30,31)25-15-14-24-22(28)13-12-21-26-20-5-3-2-4-19(20)23(29)27(21)17-8-9-17/h2-7,10-11,17,25H,8-9,12-15H2,1H3,(H,24,28). The van der Waals surface area contributed by atoms with E-state index in [2.05, 4.69) is 15.0 Å². The summed E-state index contributed by atoms with van der Waals surface area (Å²) < 4.78 is 28.8. The van der Waals surface area contributed by atoms with Gasteiger partial charge >= 0.3 is 0 Å². The van der Waals surface area contributed by atoms with E-state index in [1.165, 1.54) is 0 Å². The molecule has 1 aromatic heterocycles. The summed E-state index contributed by atoms with van der Waals surface area (Å²) in [5.41, 5.74) is 1.55. The molecule has 32 heavy (non-hydrogen) atoms. The van der Waals surface area contributed by atoms with Crippen LogP contribution in [0.5, 0.6) is 0 Å². The molecule has 1 aliphatic carbocycles. The Morgan fingerprint density at radius 1 is 1.09 bits per heavy atom. The number of carbonyl (C=O) groups excluding carboxylic acids is 1. The third kappa shape index (κ3) is 5.05. The molecule has 2 aromatic carbocycles. The summed E-state index contributed by atoms with van der Waals surface area (Å²) in [6, 6.07) is 14.0. The highest BCUT2D eigenvalue weighted by molar-refractivity contribution is 7.89. The monoisotopic (exact) mass is 454 g/mol. The molecule has 168 valence electrons. The summed E-state index contributed by atoms with van der Waals surface area (Å²) >= 11 is 0. The Morgan fingerprint density at radius 3 is 2.53 bits per heavy atom. The van der Waals surface area contributed by atoms with E-state index in [1.54, 1.807) is 41.0 Å². The zero-order valence-corrected chi connectivity index (χ0v) is 18.7. The number of nitrogens with zero attached hydrogens (tertiary/aromatic N) is 2. The van der Waals surface area contributed by atoms with Crippen LogP contribution in [0.3, 0.4) is 0 Å². The molecule has 3 aromatic rings. The molecule has 0 spiro atoms. The highest BCUT2D eigenvalue weighted by atomic mass is 32.2. The van der Waals surface area contributed by atoms with Crippen molar-refractivity contribution in [3.63, 3.8) is 0 Å². The van der Waals surface area contributed by atoms with Crippen molar-refractivity contribution in [3.8, 4) is 0 Å². The van der Waals surface area contributed by atoms with Gasteiger partial charge in [0.1, 0.15) is 5.82 Å². The van der Waals surface area contributed by atoms with Gasteiger partial charge in [0.2, 0.25) is 15.9 Å². The summed E-state index contributed by atoms with van der Waals surface area (Å²) in [4.78, 5) is 30.0. The molecule has 1 fully saturated rings. The minimum absolute atomic E-state index is 0.0565. The third-order valence-corrected chi connectivity index (χ3v) is 6.92. The van der Waals surface area contributed by atoms with Crippen molar-refractivity contribution in [2.75, 3.05) is 13.1 Å². The number of carbonyl (C=O) groups is 1. The molecule has 9 heteroatoms. The summed E-state index contributed by atoms with van der Waals surface area (Å²) in [7, 11) is -3.61. The second-order valence-corrected chi connectivity index (χ2v) is 9.78. The molecule has 4 rings (SSSR count). The molecular formula is C23H26N4O4S. The van der Waals surface area contributed by atoms with Gasteiger partial charge < -0.3 is 5.32 Å². The van der Waals surface area contributed by atoms with Crippen molar-refractivity contribution >= 4 is 26.8 Å². The molecule has 1 saturated carbocycles. The van der Waals surface area contributed by atoms with Gasteiger partial charge in [-0.25, -0.2) is 18.1 Å². The Kier molecular flexibility index (Phi) is 6.38. The van der Waals surface area contributed by atoms with Crippen molar-refractivity contribution in [2.45, 2.75) is 43.5 Å². The van der Waals surface area contributed by atoms with Crippen molar-refractivity contribution in [1.82, 2.24) is 19.6 Å². The van der Waals surface area contributed by atoms with E-state index in [9.17, 15) is 18.0 Å². The first kappa shape index (κ1) is 22.2. The first-order valence-corrected chi connectivity index (χ1v) is 12.2. The molecule has 0 bridgehead atoms. The van der Waals surface area contributed by atoms with E-state index in [0.717, 1.165) is 18.4 Å². The van der Waals surface area contributed by atoms with Gasteiger partial charge in [-0.2, -0.15) is 0 Å². The Hall–Kier alpha value is -3.04. The van der Waals surface area contributed by atoms with Crippen LogP contribution in [0.4, 0.5) is 0 Å². The predicted octanol–water partition coefficient (Wildman–Crippen LogP) is 2.07. The first-order chi connectivity index (χ1) is 15.3. The lowest BCUT2D eigenvalue weighted by molar-refractivity contribution is -0.121. The van der Waals surface area contributed by atoms with Gasteiger partial charge in [0.25, 0.3) is 5.56 Å². The number of sulfonamides is 1. The number of hydrogen-bond acceptors (Lipinski definition) is 5. The Bertz CT molecular complexity index is 1300. The summed E-state index contributed by atoms with van der Waals surface area (Å²) in [6.45, 7) is 2.14. The number of rotatable bonds is 9. The Morgan fingerprint density at radius 2 is 1.81 bits per heavy atom. The van der Waals surface area contributed by atoms with Crippen LogP contribution in [0.2, 0.25) is 0 Å². The van der Waals surface area contributed by atoms with Crippen molar-refractivity contribution in [3.05, 3.63) is 70.3 Å². The predicted molar refractivity (Wildman–Crippen MR) is 122 cm³/mol. The van der Waals surface area contributed by atoms with E-state index in [1.807, 2.05) is 19.1 Å². The number of benzene rings is 2. The molecule has 0 unspecified atom stereocenters. The number of amides is 1. The van der Waals surface area contributed by atoms with E-state index in [0.29, 0.717) is 23.1 Å². The molecule has 1 aliphatic rings. The van der Waals surface area contributed by atoms with Gasteiger partial charge in [0, 0.05) is 32.0 Å². The smallest absolute Gasteiger partial charge is 0.261 e. The highest BCUT2D eigenvalue weighted by Crippen LogP contribution is 2.34. The van der Waals surface area contributed by atoms with Crippen LogP contribution in [0.15, 0.2) is 58.2 Å². The average molecular weight is 455 g/mol. The molecule has 0 atom stereocenters. The van der Waals surface area contributed by atoms with E-state index < -0.39 is 10.0 Å². The fraction of sp³-hybridized carbons (Fsp3) is 0.348. The molecule has 1 heterocycles. The van der Waals surface area contributed by atoms with Crippen molar-refractivity contribution in [1.29, 1.82) is 0 Å². The van der Waals surface area contributed by atoms with Crippen molar-refractivity contribution in [2.24, 2.45) is 0 Å². The van der Waals surface area contributed by atoms with Gasteiger partial charge in [-0.3, -0.25) is 14.2 Å². The fourth-order valence-corrected chi connectivity index (χ4v) is 4.61. The van der Waals surface area contributed by atoms with Crippen molar-refractivity contribution < 1.29 is 13.2 Å². The SMILES string of the molecule is Cc1ccc(S(=O)(=O)NCCNC(=O)CCc2nc3ccccc3c(=O)n2C2CC2)cc1. The van der Waals surface area contributed by atoms with Gasteiger partial charge in [0.05, 0.1) is 15.8 Å². The third-order valence-electron chi connectivity index (χ3n) is 5.44. The lowest BCUT2D eigenvalue weighted by atomic mass is 10.2. The second-order valence-electron chi connectivity index (χ2n) is 8.01. The maximum atomic E-state index is 12.9. The zero-order chi connectivity index (χ0) is 22.7. The van der Waals surface area contributed by atoms with Gasteiger partial charge in [-0.05, 0) is 44.0 Å². The van der Waals surface area contributed by atoms with Crippen LogP contribution in [-0.4, -0.2) is 37.0 Å². The van der Waals surface area contributed by atoms with Crippen LogP contribution in [0.1, 0.15) is 36.7 Å². The van der Waals surface area contributed by atoms with Crippen LogP contribution >= 0.6 is 0 Å². The number of fused-ring (bicyclic) bond motifs is 1. The van der Waals surface area contributed by atoms with Gasteiger partial charge in [-0.15, -0.1) is 0 Å². The maximum absolute atomic E-state index is 12.9. The molecule has 0 radical (unpaired) electrons. The molecule has 0 saturated heterocycles. The van der Waals surface area contributed by atoms with E-state index >= 15 is 0 Å². The number of hydrogen-bond donors (Lipinski definition) is 2. The lowest BCUT2D eigenvalue weighted by Crippen LogP contribution is -2.35. The van der Waals surface area contributed by atoms with Crippen LogP contribution in [-0.2, 0) is 21.2 Å². The van der Waals surface area contributed by atoms with Gasteiger partial charge in [-0.1, -0.05) is 29.8 Å². The average Bonchev–Trinajstić information content (AvgIpc) is 3.61. The first-order valence-electron chi connectivity index (χ1n) is 10.7. The minimum Gasteiger partial charge on any atom is -0.355 e. The van der Waals surface area contributed by atoms with E-state index in [4.69, 9.17) is 0 Å². The summed E-state index contributed by atoms with van der Waals surface area (Å²) in [5.74, 6) is 0.399. The Labute approximate surface area is 186 Å². The quantitative estimate of drug-likeness (QED) is 0.481. The molecular weight excluding hydrogens is 428 g/mol. The summed E-state index contributed by atoms with van der Waals surface area (Å²) in [5, 5.41) is 3.31. The minimum atomic E-state index is -3.61. The highest BCUT2D eigenvalue weighted by Gasteiger charge is 2.28. The second kappa shape index (κ2) is 9.22. The maximum Gasteiger partial charge on any atom is 0.261 e. The van der Waals surface area contributed by atoms with E-state index in [-0.39, 0.29) is 41.9 Å². The molecule has 1 amide bonds. The van der Waals surface area contributed by atoms with Crippen LogP contribution in [0.25, 0.3) is 10.9 Å². The lowest BCUT2D eigenvalue weighted by Gasteiger charge is -2.13. The van der Waals surface area contributed by atoms with Gasteiger partial charge in [0.15, 0.2) is 0 Å². The fourth-order valence-electron chi connectivity index (χ4n) is 3.58. The molecule has 8 nitrogen and oxygen atoms in total. The number of aryl methyl sites for hydroxylation is 2. The van der Waals surface area contributed by atoms with Crippen LogP contribution < -0.4 is 15.6 Å². The summed E-state index contributed by atoms with van der Waals surface area (Å²) in [6.07, 6.45) is 2.40.